The van der Waals surface area contributed by atoms with E-state index in [0.29, 0.717) is 24.0 Å². The molecule has 6 rings (SSSR count). The highest BCUT2D eigenvalue weighted by Crippen LogP contribution is 2.45. The van der Waals surface area contributed by atoms with Crippen LogP contribution in [0.2, 0.25) is 0 Å². The van der Waals surface area contributed by atoms with Gasteiger partial charge in [0.25, 0.3) is 0 Å². The molecule has 0 radical (unpaired) electrons. The summed E-state index contributed by atoms with van der Waals surface area (Å²) in [5.41, 5.74) is 3.64. The highest BCUT2D eigenvalue weighted by molar-refractivity contribution is 5.84. The minimum absolute atomic E-state index is 0.126. The molecule has 1 aromatic heterocycles. The molecule has 0 saturated heterocycles. The second-order valence-corrected chi connectivity index (χ2v) is 7.19. The molecule has 0 amide bonds. The zero-order valence-electron chi connectivity index (χ0n) is 13.1. The molecule has 0 spiro atoms. The van der Waals surface area contributed by atoms with E-state index < -0.39 is 0 Å². The van der Waals surface area contributed by atoms with Gasteiger partial charge in [0.1, 0.15) is 5.78 Å². The van der Waals surface area contributed by atoms with E-state index in [4.69, 9.17) is 0 Å². The molecule has 2 heterocycles. The molecule has 4 unspecified atom stereocenters. The number of benzene rings is 1. The lowest BCUT2D eigenvalue weighted by molar-refractivity contribution is -0.126. The van der Waals surface area contributed by atoms with E-state index in [9.17, 15) is 4.79 Å². The Labute approximate surface area is 136 Å². The molecular weight excluding hydrogens is 284 g/mol. The maximum atomic E-state index is 13.0. The van der Waals surface area contributed by atoms with E-state index >= 15 is 0 Å². The number of carbonyl (C=O) groups excluding carboxylic acids is 1. The molecule has 2 aromatic rings. The van der Waals surface area contributed by atoms with Crippen molar-refractivity contribution < 1.29 is 4.79 Å². The van der Waals surface area contributed by atoms with E-state index in [0.717, 1.165) is 12.1 Å². The van der Waals surface area contributed by atoms with Crippen molar-refractivity contribution in [2.45, 2.75) is 31.7 Å². The minimum Gasteiger partial charge on any atom is -0.323 e. The number of imidazole rings is 1. The lowest BCUT2D eigenvalue weighted by Crippen LogP contribution is -2.33. The zero-order valence-corrected chi connectivity index (χ0v) is 13.1. The fourth-order valence-corrected chi connectivity index (χ4v) is 4.78. The summed E-state index contributed by atoms with van der Waals surface area (Å²) in [5, 5.41) is 0. The van der Waals surface area contributed by atoms with Gasteiger partial charge in [-0.1, -0.05) is 36.4 Å². The number of rotatable bonds is 3. The molecule has 0 N–H and O–H groups in total. The number of hydrogen-bond acceptors (Lipinski definition) is 2. The summed E-state index contributed by atoms with van der Waals surface area (Å²) in [7, 11) is 0. The first-order chi connectivity index (χ1) is 11.3. The third-order valence-corrected chi connectivity index (χ3v) is 5.98. The third kappa shape index (κ3) is 1.95. The quantitative estimate of drug-likeness (QED) is 0.803. The molecule has 116 valence electrons. The Morgan fingerprint density at radius 2 is 2.13 bits per heavy atom. The van der Waals surface area contributed by atoms with Gasteiger partial charge >= 0.3 is 0 Å². The van der Waals surface area contributed by atoms with Gasteiger partial charge in [0.15, 0.2) is 0 Å². The van der Waals surface area contributed by atoms with Crippen molar-refractivity contribution in [2.24, 2.45) is 17.8 Å². The predicted octanol–water partition coefficient (Wildman–Crippen LogP) is 4.01. The Hall–Kier alpha value is -2.16. The van der Waals surface area contributed by atoms with Gasteiger partial charge in [-0.2, -0.15) is 0 Å². The third-order valence-electron chi connectivity index (χ3n) is 5.98. The normalized spacial score (nSPS) is 30.3. The highest BCUT2D eigenvalue weighted by atomic mass is 16.1. The number of nitrogens with zero attached hydrogens (tertiary/aromatic N) is 2. The number of Topliss-reactive ketones (excluding diaryl/α,β-unsaturated/α-hetero) is 1. The van der Waals surface area contributed by atoms with Gasteiger partial charge in [0, 0.05) is 17.9 Å². The van der Waals surface area contributed by atoms with Gasteiger partial charge in [0.05, 0.1) is 24.3 Å². The Bertz CT molecular complexity index is 803. The number of hydrogen-bond donors (Lipinski definition) is 0. The molecule has 1 aromatic carbocycles. The number of allylic oxidation sites excluding steroid dienone is 2. The van der Waals surface area contributed by atoms with E-state index in [1.165, 1.54) is 24.0 Å². The van der Waals surface area contributed by atoms with Crippen LogP contribution in [0.3, 0.4) is 0 Å². The van der Waals surface area contributed by atoms with Crippen LogP contribution in [-0.2, 0) is 4.79 Å². The summed E-state index contributed by atoms with van der Waals surface area (Å²) >= 11 is 0. The van der Waals surface area contributed by atoms with Crippen LogP contribution in [-0.4, -0.2) is 15.3 Å². The second kappa shape index (κ2) is 4.92. The van der Waals surface area contributed by atoms with Gasteiger partial charge in [-0.3, -0.25) is 4.79 Å². The predicted molar refractivity (Wildman–Crippen MR) is 88.9 cm³/mol. The van der Waals surface area contributed by atoms with Gasteiger partial charge < -0.3 is 4.57 Å². The second-order valence-electron chi connectivity index (χ2n) is 7.19. The average molecular weight is 304 g/mol. The molecule has 23 heavy (non-hydrogen) atoms. The van der Waals surface area contributed by atoms with Gasteiger partial charge in [-0.25, -0.2) is 4.98 Å². The van der Waals surface area contributed by atoms with Crippen molar-refractivity contribution in [3.63, 3.8) is 0 Å². The minimum atomic E-state index is 0.126. The fourth-order valence-electron chi connectivity index (χ4n) is 4.78. The number of carbonyl (C=O) groups is 1. The zero-order chi connectivity index (χ0) is 15.4. The first-order valence-corrected chi connectivity index (χ1v) is 8.63. The maximum absolute atomic E-state index is 13.0. The molecule has 1 saturated carbocycles. The number of fused-ring (bicyclic) bond motifs is 5. The molecule has 3 nitrogen and oxygen atoms in total. The number of aromatic nitrogens is 2. The molecule has 3 heteroatoms. The first-order valence-electron chi connectivity index (χ1n) is 8.63. The van der Waals surface area contributed by atoms with E-state index in [1.54, 1.807) is 0 Å². The van der Waals surface area contributed by atoms with E-state index in [-0.39, 0.29) is 12.0 Å². The van der Waals surface area contributed by atoms with Crippen LogP contribution in [0.15, 0.2) is 48.9 Å². The van der Waals surface area contributed by atoms with Crippen LogP contribution in [0.5, 0.6) is 0 Å². The topological polar surface area (TPSA) is 34.9 Å². The highest BCUT2D eigenvalue weighted by Gasteiger charge is 2.38. The lowest BCUT2D eigenvalue weighted by atomic mass is 9.67. The van der Waals surface area contributed by atoms with Crippen LogP contribution in [0.25, 0.3) is 11.3 Å². The van der Waals surface area contributed by atoms with E-state index in [1.807, 2.05) is 12.5 Å². The van der Waals surface area contributed by atoms with Crippen molar-refractivity contribution in [3.8, 4) is 11.3 Å². The maximum Gasteiger partial charge on any atom is 0.138 e. The largest absolute Gasteiger partial charge is 0.323 e. The summed E-state index contributed by atoms with van der Waals surface area (Å²) in [6.45, 7) is 0. The van der Waals surface area contributed by atoms with Crippen LogP contribution in [0, 0.1) is 17.8 Å². The Balaban J connectivity index is 1.45. The first kappa shape index (κ1) is 13.3. The average Bonchev–Trinajstić information content (AvgIpc) is 3.19. The number of ketones is 1. The molecule has 1 fully saturated rings. The van der Waals surface area contributed by atoms with Gasteiger partial charge in [-0.15, -0.1) is 0 Å². The van der Waals surface area contributed by atoms with Crippen LogP contribution in [0.1, 0.15) is 37.3 Å². The van der Waals surface area contributed by atoms with Gasteiger partial charge in [-0.05, 0) is 36.7 Å². The SMILES string of the molecule is O=C(CC1c2ccccc2-c2cncn21)C1CC2C=CC1CC2. The van der Waals surface area contributed by atoms with Crippen molar-refractivity contribution in [2.75, 3.05) is 0 Å². The summed E-state index contributed by atoms with van der Waals surface area (Å²) in [6, 6.07) is 8.55. The standard InChI is InChI=1S/C20H20N2O/c23-20(17-9-13-5-7-14(17)8-6-13)10-18-15-3-1-2-4-16(15)19-11-21-12-22(18)19/h1-5,7,11-14,17-18H,6,8-10H2. The van der Waals surface area contributed by atoms with Crippen molar-refractivity contribution in [1.82, 2.24) is 9.55 Å². The summed E-state index contributed by atoms with van der Waals surface area (Å²) in [5.74, 6) is 1.78. The molecular formula is C20H20N2O. The smallest absolute Gasteiger partial charge is 0.138 e. The Morgan fingerprint density at radius 3 is 2.91 bits per heavy atom. The summed E-state index contributed by atoms with van der Waals surface area (Å²) in [4.78, 5) is 17.3. The molecule has 4 atom stereocenters. The molecule has 3 aliphatic carbocycles. The fraction of sp³-hybridized carbons (Fsp3) is 0.400. The Kier molecular flexibility index (Phi) is 2.84. The van der Waals surface area contributed by atoms with Crippen LogP contribution in [0.4, 0.5) is 0 Å². The van der Waals surface area contributed by atoms with Crippen molar-refractivity contribution in [1.29, 1.82) is 0 Å². The monoisotopic (exact) mass is 304 g/mol. The lowest BCUT2D eigenvalue weighted by Gasteiger charge is -2.37. The molecule has 1 aliphatic heterocycles. The molecule has 2 bridgehead atoms. The van der Waals surface area contributed by atoms with Crippen molar-refractivity contribution >= 4 is 5.78 Å². The summed E-state index contributed by atoms with van der Waals surface area (Å²) < 4.78 is 2.18. The molecule has 4 aliphatic rings. The van der Waals surface area contributed by atoms with Crippen molar-refractivity contribution in [3.05, 3.63) is 54.5 Å². The van der Waals surface area contributed by atoms with Crippen LogP contribution >= 0.6 is 0 Å². The Morgan fingerprint density at radius 1 is 1.22 bits per heavy atom. The van der Waals surface area contributed by atoms with E-state index in [2.05, 4.69) is 46.0 Å². The van der Waals surface area contributed by atoms with Crippen LogP contribution < -0.4 is 0 Å². The summed E-state index contributed by atoms with van der Waals surface area (Å²) in [6.07, 6.45) is 12.5. The van der Waals surface area contributed by atoms with Gasteiger partial charge in [0.2, 0.25) is 0 Å².